The summed E-state index contributed by atoms with van der Waals surface area (Å²) in [5.74, 6) is 1.61. The number of rotatable bonds is 0. The van der Waals surface area contributed by atoms with Crippen LogP contribution in [0.1, 0.15) is 18.4 Å². The van der Waals surface area contributed by atoms with Crippen LogP contribution in [0.3, 0.4) is 0 Å². The van der Waals surface area contributed by atoms with Crippen LogP contribution in [0.15, 0.2) is 12.3 Å². The first-order valence-corrected chi connectivity index (χ1v) is 6.99. The Morgan fingerprint density at radius 1 is 1.41 bits per heavy atom. The third-order valence-corrected chi connectivity index (χ3v) is 4.87. The zero-order valence-corrected chi connectivity index (χ0v) is 11.0. The highest BCUT2D eigenvalue weighted by molar-refractivity contribution is 6.32. The molecule has 2 radical (unpaired) electrons. The maximum absolute atomic E-state index is 6.26. The van der Waals surface area contributed by atoms with Crippen molar-refractivity contribution in [1.29, 1.82) is 0 Å². The maximum Gasteiger partial charge on any atom is 0.217 e. The van der Waals surface area contributed by atoms with E-state index >= 15 is 0 Å². The molecule has 0 unspecified atom stereocenters. The number of hydrogen-bond acceptors (Lipinski definition) is 3. The summed E-state index contributed by atoms with van der Waals surface area (Å²) in [4.78, 5) is 6.98. The minimum atomic E-state index is 0.0459. The summed E-state index contributed by atoms with van der Waals surface area (Å²) >= 11 is 2.72. The van der Waals surface area contributed by atoms with Crippen LogP contribution in [0.4, 0.5) is 0 Å². The summed E-state index contributed by atoms with van der Waals surface area (Å²) in [5, 5.41) is 0. The smallest absolute Gasteiger partial charge is 0.217 e. The Bertz CT molecular complexity index is 470. The van der Waals surface area contributed by atoms with Gasteiger partial charge in [0, 0.05) is 30.6 Å². The van der Waals surface area contributed by atoms with Crippen molar-refractivity contribution in [2.45, 2.75) is 24.9 Å². The van der Waals surface area contributed by atoms with Crippen LogP contribution >= 0.6 is 0 Å². The van der Waals surface area contributed by atoms with Gasteiger partial charge in [0.2, 0.25) is 5.88 Å². The van der Waals surface area contributed by atoms with Gasteiger partial charge >= 0.3 is 0 Å². The molecule has 1 spiro atoms. The third-order valence-electron chi connectivity index (χ3n) is 4.56. The fourth-order valence-electron chi connectivity index (χ4n) is 3.73. The van der Waals surface area contributed by atoms with Crippen LogP contribution in [0.25, 0.3) is 0 Å². The van der Waals surface area contributed by atoms with Crippen molar-refractivity contribution < 1.29 is 4.74 Å². The molecule has 5 rings (SSSR count). The van der Waals surface area contributed by atoms with E-state index in [1.54, 1.807) is 0 Å². The number of aromatic nitrogens is 1. The molecule has 4 heteroatoms. The molecule has 1 aromatic rings. The van der Waals surface area contributed by atoms with Crippen molar-refractivity contribution in [3.05, 3.63) is 17.8 Å². The van der Waals surface area contributed by atoms with Gasteiger partial charge in [0.05, 0.1) is 0 Å². The molecule has 0 aromatic carbocycles. The van der Waals surface area contributed by atoms with Gasteiger partial charge in [0.25, 0.3) is 0 Å². The van der Waals surface area contributed by atoms with Gasteiger partial charge < -0.3 is 4.74 Å². The second-order valence-electron chi connectivity index (χ2n) is 5.63. The van der Waals surface area contributed by atoms with Crippen LogP contribution in [-0.4, -0.2) is 51.4 Å². The molecule has 1 aromatic heterocycles. The lowest BCUT2D eigenvalue weighted by Gasteiger charge is -2.50. The third kappa shape index (κ3) is 1.48. The molecule has 0 amide bonds. The molecule has 2 bridgehead atoms. The Balaban J connectivity index is 1.71. The second-order valence-corrected chi connectivity index (χ2v) is 6.29. The van der Waals surface area contributed by atoms with E-state index in [0.717, 1.165) is 29.2 Å². The normalized spacial score (nSPS) is 38.1. The molecule has 3 fully saturated rings. The highest BCUT2D eigenvalue weighted by Crippen LogP contribution is 2.45. The first kappa shape index (κ1) is 10.4. The summed E-state index contributed by atoms with van der Waals surface area (Å²) < 4.78 is 7.42. The molecule has 0 N–H and O–H groups in total. The highest BCUT2D eigenvalue weighted by Gasteiger charge is 2.52. The summed E-state index contributed by atoms with van der Waals surface area (Å²) in [6, 6.07) is 2.21. The molecule has 1 atom stereocenters. The molecule has 0 saturated carbocycles. The number of fused-ring (bicyclic) bond motifs is 3. The van der Waals surface area contributed by atoms with Gasteiger partial charge in [-0.2, -0.15) is 0 Å². The predicted molar refractivity (Wildman–Crippen MR) is 65.9 cm³/mol. The van der Waals surface area contributed by atoms with Crippen molar-refractivity contribution in [2.24, 2.45) is 5.92 Å². The number of pyridine rings is 1. The van der Waals surface area contributed by atoms with E-state index in [-0.39, 0.29) is 5.60 Å². The lowest BCUT2D eigenvalue weighted by molar-refractivity contribution is -0.0814. The van der Waals surface area contributed by atoms with Crippen molar-refractivity contribution in [3.8, 4) is 5.88 Å². The summed E-state index contributed by atoms with van der Waals surface area (Å²) in [7, 11) is 0. The Morgan fingerprint density at radius 3 is 2.94 bits per heavy atom. The van der Waals surface area contributed by atoms with E-state index in [0.29, 0.717) is 0 Å². The topological polar surface area (TPSA) is 25.4 Å². The Hall–Kier alpha value is -0.558. The van der Waals surface area contributed by atoms with Crippen LogP contribution in [0.2, 0.25) is 0 Å². The summed E-state index contributed by atoms with van der Waals surface area (Å²) in [6.45, 7) is 3.61. The Labute approximate surface area is 110 Å². The molecule has 4 aliphatic heterocycles. The summed E-state index contributed by atoms with van der Waals surface area (Å²) in [5.41, 5.74) is 1.34. The van der Waals surface area contributed by atoms with Crippen LogP contribution in [0.5, 0.6) is 5.88 Å². The quantitative estimate of drug-likeness (QED) is 0.611. The van der Waals surface area contributed by atoms with Gasteiger partial charge in [-0.15, -0.1) is 4.43 Å². The molecular weight excluding hydrogens is 227 g/mol. The number of hydrogen-bond donors (Lipinski definition) is 0. The van der Waals surface area contributed by atoms with E-state index in [1.165, 1.54) is 31.5 Å². The molecule has 3 nitrogen and oxygen atoms in total. The van der Waals surface area contributed by atoms with Crippen molar-refractivity contribution in [1.82, 2.24) is 9.88 Å². The number of ether oxygens (including phenoxy) is 1. The van der Waals surface area contributed by atoms with Gasteiger partial charge in [-0.25, -0.2) is 4.98 Å². The molecule has 0 aliphatic carbocycles. The fourth-order valence-corrected chi connectivity index (χ4v) is 4.00. The average molecular weight is 242 g/mol. The monoisotopic (exact) mass is 242 g/mol. The standard InChI is InChI=1S/C13H15N2O.Al/c1-2-10-8-13(16-12(10)14-5-1)9-15-6-3-11(13)4-7-15;/h2,5,11H,3-4,6-9H2;/t13-;/m0./s1. The molecular formula is C13H15AlN2O. The first-order chi connectivity index (χ1) is 8.25. The summed E-state index contributed by atoms with van der Waals surface area (Å²) in [6.07, 6.45) is 5.52. The molecule has 17 heavy (non-hydrogen) atoms. The minimum Gasteiger partial charge on any atom is -0.469 e. The lowest BCUT2D eigenvalue weighted by Crippen LogP contribution is -2.61. The van der Waals surface area contributed by atoms with E-state index in [9.17, 15) is 0 Å². The Morgan fingerprint density at radius 2 is 2.24 bits per heavy atom. The van der Waals surface area contributed by atoms with Crippen LogP contribution in [-0.2, 0) is 6.42 Å². The zero-order valence-electron chi connectivity index (χ0n) is 9.85. The van der Waals surface area contributed by atoms with Gasteiger partial charge in [-0.3, -0.25) is 4.90 Å². The number of piperidine rings is 3. The van der Waals surface area contributed by atoms with E-state index < -0.39 is 0 Å². The van der Waals surface area contributed by atoms with Gasteiger partial charge in [0.1, 0.15) is 5.60 Å². The maximum atomic E-state index is 6.26. The fraction of sp³-hybridized carbons (Fsp3) is 0.615. The van der Waals surface area contributed by atoms with E-state index in [1.807, 2.05) is 6.20 Å². The van der Waals surface area contributed by atoms with Gasteiger partial charge in [-0.1, -0.05) is 6.07 Å². The van der Waals surface area contributed by atoms with E-state index in [2.05, 4.69) is 32.2 Å². The zero-order chi connectivity index (χ0) is 11.5. The molecule has 4 aliphatic rings. The molecule has 3 saturated heterocycles. The minimum absolute atomic E-state index is 0.0459. The van der Waals surface area contributed by atoms with Gasteiger partial charge in [0.15, 0.2) is 16.3 Å². The predicted octanol–water partition coefficient (Wildman–Crippen LogP) is 0.275. The second kappa shape index (κ2) is 3.48. The SMILES string of the molecule is [Al][c]1cnc2c(c1)C[C@@]1(CN3CCC1CC3)O2. The van der Waals surface area contributed by atoms with Crippen molar-refractivity contribution in [3.63, 3.8) is 0 Å². The van der Waals surface area contributed by atoms with E-state index in [4.69, 9.17) is 4.74 Å². The van der Waals surface area contributed by atoms with Crippen molar-refractivity contribution >= 4 is 20.7 Å². The first-order valence-electron chi connectivity index (χ1n) is 6.41. The average Bonchev–Trinajstić information content (AvgIpc) is 2.67. The Kier molecular flexibility index (Phi) is 2.12. The molecule has 5 heterocycles. The number of nitrogens with zero attached hydrogens (tertiary/aromatic N) is 2. The van der Waals surface area contributed by atoms with Crippen LogP contribution < -0.4 is 9.16 Å². The largest absolute Gasteiger partial charge is 0.469 e. The lowest BCUT2D eigenvalue weighted by atomic mass is 9.73. The van der Waals surface area contributed by atoms with Gasteiger partial charge in [-0.05, 0) is 25.9 Å². The molecule has 86 valence electrons. The van der Waals surface area contributed by atoms with Crippen LogP contribution in [0, 0.1) is 5.92 Å². The van der Waals surface area contributed by atoms with Crippen molar-refractivity contribution in [2.75, 3.05) is 19.6 Å². The highest BCUT2D eigenvalue weighted by atomic mass is 27.0.